The highest BCUT2D eigenvalue weighted by atomic mass is 32.1. The number of carbonyl (C=O) groups excluding carboxylic acids is 2. The molecule has 0 atom stereocenters. The molecule has 0 aliphatic carbocycles. The van der Waals surface area contributed by atoms with Gasteiger partial charge < -0.3 is 20.9 Å². The molecule has 2 aliphatic heterocycles. The molecule has 3 heterocycles. The summed E-state index contributed by atoms with van der Waals surface area (Å²) >= 11 is 1.45. The lowest BCUT2D eigenvalue weighted by molar-refractivity contribution is -0.135. The first kappa shape index (κ1) is 17.8. The van der Waals surface area contributed by atoms with Crippen LogP contribution in [0.3, 0.4) is 0 Å². The van der Waals surface area contributed by atoms with E-state index >= 15 is 0 Å². The number of hydrogen-bond acceptors (Lipinski definition) is 6. The molecule has 0 radical (unpaired) electrons. The summed E-state index contributed by atoms with van der Waals surface area (Å²) in [5.74, 6) is -1.02. The fourth-order valence-corrected chi connectivity index (χ4v) is 5.07. The Morgan fingerprint density at radius 2 is 1.80 bits per heavy atom. The van der Waals surface area contributed by atoms with Gasteiger partial charge in [0.25, 0.3) is 11.8 Å². The van der Waals surface area contributed by atoms with E-state index in [2.05, 4.69) is 0 Å². The van der Waals surface area contributed by atoms with Crippen LogP contribution in [0.25, 0.3) is 0 Å². The molecule has 0 aromatic carbocycles. The summed E-state index contributed by atoms with van der Waals surface area (Å²) in [5, 5.41) is 0.667. The minimum Gasteiger partial charge on any atom is -0.465 e. The standard InChI is InChI=1S/C17H23N3O4S/c1-8-11(14(19)22)23-7-20(8)15-10(13(18)21)9-6-16(2,3)24-17(4,5)12(9)25-15/h6-7H2,1-5H3,(H2,18,21)(H2,19,22). The molecule has 0 saturated heterocycles. The maximum atomic E-state index is 12.3. The summed E-state index contributed by atoms with van der Waals surface area (Å²) in [6.45, 7) is 9.81. The lowest BCUT2D eigenvalue weighted by Crippen LogP contribution is -2.42. The van der Waals surface area contributed by atoms with E-state index in [9.17, 15) is 9.59 Å². The smallest absolute Gasteiger partial charge is 0.285 e. The van der Waals surface area contributed by atoms with E-state index in [0.29, 0.717) is 22.7 Å². The van der Waals surface area contributed by atoms with Crippen molar-refractivity contribution in [2.24, 2.45) is 11.5 Å². The van der Waals surface area contributed by atoms with Gasteiger partial charge in [0.2, 0.25) is 5.76 Å². The van der Waals surface area contributed by atoms with Gasteiger partial charge in [0.05, 0.1) is 22.5 Å². The van der Waals surface area contributed by atoms with Crippen LogP contribution in [0.15, 0.2) is 11.5 Å². The minimum atomic E-state index is -0.633. The molecule has 136 valence electrons. The molecule has 3 rings (SSSR count). The molecule has 1 aromatic rings. The van der Waals surface area contributed by atoms with E-state index in [1.807, 2.05) is 27.7 Å². The van der Waals surface area contributed by atoms with Crippen molar-refractivity contribution in [1.82, 2.24) is 0 Å². The Labute approximate surface area is 150 Å². The summed E-state index contributed by atoms with van der Waals surface area (Å²) in [4.78, 5) is 26.5. The van der Waals surface area contributed by atoms with Gasteiger partial charge in [0, 0.05) is 11.3 Å². The Morgan fingerprint density at radius 3 is 2.32 bits per heavy atom. The van der Waals surface area contributed by atoms with Crippen LogP contribution in [0.4, 0.5) is 5.00 Å². The molecule has 25 heavy (non-hydrogen) atoms. The first-order valence-electron chi connectivity index (χ1n) is 8.02. The number of carbonyl (C=O) groups is 2. The molecule has 8 heteroatoms. The molecule has 4 N–H and O–H groups in total. The topological polar surface area (TPSA) is 108 Å². The van der Waals surface area contributed by atoms with Crippen molar-refractivity contribution in [3.8, 4) is 0 Å². The number of hydrogen-bond donors (Lipinski definition) is 2. The molecule has 0 saturated carbocycles. The third kappa shape index (κ3) is 2.79. The van der Waals surface area contributed by atoms with E-state index in [-0.39, 0.29) is 12.5 Å². The van der Waals surface area contributed by atoms with E-state index in [0.717, 1.165) is 10.4 Å². The summed E-state index contributed by atoms with van der Waals surface area (Å²) in [6, 6.07) is 0. The van der Waals surface area contributed by atoms with Gasteiger partial charge >= 0.3 is 0 Å². The second kappa shape index (κ2) is 5.47. The van der Waals surface area contributed by atoms with Crippen LogP contribution in [0.1, 0.15) is 55.4 Å². The average molecular weight is 365 g/mol. The summed E-state index contributed by atoms with van der Waals surface area (Å²) in [5.41, 5.74) is 12.1. The van der Waals surface area contributed by atoms with Crippen molar-refractivity contribution in [3.63, 3.8) is 0 Å². The van der Waals surface area contributed by atoms with Crippen LogP contribution in [-0.2, 0) is 26.3 Å². The molecular formula is C17H23N3O4S. The van der Waals surface area contributed by atoms with Crippen LogP contribution in [0.5, 0.6) is 0 Å². The van der Waals surface area contributed by atoms with Gasteiger partial charge in [-0.3, -0.25) is 14.5 Å². The van der Waals surface area contributed by atoms with Gasteiger partial charge in [-0.15, -0.1) is 11.3 Å². The van der Waals surface area contributed by atoms with Gasteiger partial charge in [-0.25, -0.2) is 0 Å². The average Bonchev–Trinajstić information content (AvgIpc) is 2.97. The SMILES string of the molecule is CC1=C(C(N)=O)OCN1c1sc2c(c1C(N)=O)CC(C)(C)OC2(C)C. The van der Waals surface area contributed by atoms with Crippen LogP contribution < -0.4 is 16.4 Å². The number of ether oxygens (including phenoxy) is 2. The third-order valence-corrected chi connectivity index (χ3v) is 6.02. The van der Waals surface area contributed by atoms with Crippen LogP contribution in [0.2, 0.25) is 0 Å². The number of rotatable bonds is 3. The lowest BCUT2D eigenvalue weighted by atomic mass is 9.86. The second-order valence-electron chi connectivity index (χ2n) is 7.48. The molecule has 2 amide bonds. The quantitative estimate of drug-likeness (QED) is 0.851. The molecule has 0 fully saturated rings. The predicted octanol–water partition coefficient (Wildman–Crippen LogP) is 1.94. The lowest BCUT2D eigenvalue weighted by Gasteiger charge is -2.41. The van der Waals surface area contributed by atoms with Crippen LogP contribution in [0, 0.1) is 0 Å². The molecule has 0 unspecified atom stereocenters. The number of primary amides is 2. The monoisotopic (exact) mass is 365 g/mol. The molecule has 0 bridgehead atoms. The summed E-state index contributed by atoms with van der Waals surface area (Å²) in [6.07, 6.45) is 0.584. The van der Waals surface area contributed by atoms with Gasteiger partial charge in [-0.05, 0) is 40.2 Å². The highest BCUT2D eigenvalue weighted by Crippen LogP contribution is 2.50. The van der Waals surface area contributed by atoms with Gasteiger partial charge in [-0.1, -0.05) is 0 Å². The highest BCUT2D eigenvalue weighted by molar-refractivity contribution is 7.17. The molecule has 2 aliphatic rings. The van der Waals surface area contributed by atoms with Gasteiger partial charge in [-0.2, -0.15) is 0 Å². The van der Waals surface area contributed by atoms with E-state index in [4.69, 9.17) is 20.9 Å². The number of thiophene rings is 1. The van der Waals surface area contributed by atoms with Crippen molar-refractivity contribution in [1.29, 1.82) is 0 Å². The number of nitrogens with zero attached hydrogens (tertiary/aromatic N) is 1. The number of fused-ring (bicyclic) bond motifs is 1. The van der Waals surface area contributed by atoms with Crippen molar-refractivity contribution < 1.29 is 19.1 Å². The number of anilines is 1. The fourth-order valence-electron chi connectivity index (χ4n) is 3.66. The largest absolute Gasteiger partial charge is 0.465 e. The van der Waals surface area contributed by atoms with Crippen molar-refractivity contribution in [3.05, 3.63) is 27.5 Å². The first-order chi connectivity index (χ1) is 11.4. The number of allylic oxidation sites excluding steroid dienone is 1. The molecule has 1 aromatic heterocycles. The third-order valence-electron chi connectivity index (χ3n) is 4.46. The Morgan fingerprint density at radius 1 is 1.16 bits per heavy atom. The number of amides is 2. The predicted molar refractivity (Wildman–Crippen MR) is 95.1 cm³/mol. The Bertz CT molecular complexity index is 807. The van der Waals surface area contributed by atoms with Gasteiger partial charge in [0.15, 0.2) is 6.73 Å². The van der Waals surface area contributed by atoms with Crippen molar-refractivity contribution in [2.75, 3.05) is 11.6 Å². The second-order valence-corrected chi connectivity index (χ2v) is 8.48. The highest BCUT2D eigenvalue weighted by Gasteiger charge is 2.44. The van der Waals surface area contributed by atoms with Crippen molar-refractivity contribution in [2.45, 2.75) is 52.2 Å². The zero-order valence-corrected chi connectivity index (χ0v) is 15.9. The maximum Gasteiger partial charge on any atom is 0.285 e. The van der Waals surface area contributed by atoms with E-state index in [1.54, 1.807) is 11.8 Å². The Balaban J connectivity index is 2.20. The maximum absolute atomic E-state index is 12.3. The van der Waals surface area contributed by atoms with Crippen LogP contribution >= 0.6 is 11.3 Å². The minimum absolute atomic E-state index is 0.109. The zero-order valence-electron chi connectivity index (χ0n) is 15.1. The number of nitrogens with two attached hydrogens (primary N) is 2. The van der Waals surface area contributed by atoms with Crippen LogP contribution in [-0.4, -0.2) is 24.1 Å². The molecule has 7 nitrogen and oxygen atoms in total. The van der Waals surface area contributed by atoms with E-state index in [1.165, 1.54) is 11.3 Å². The Kier molecular flexibility index (Phi) is 3.88. The Hall–Kier alpha value is -2.06. The first-order valence-corrected chi connectivity index (χ1v) is 8.83. The summed E-state index contributed by atoms with van der Waals surface area (Å²) < 4.78 is 11.6. The normalized spacial score (nSPS) is 21.1. The van der Waals surface area contributed by atoms with Crippen molar-refractivity contribution >= 4 is 28.2 Å². The molecule has 0 spiro atoms. The fraction of sp³-hybridized carbons (Fsp3) is 0.529. The molecular weight excluding hydrogens is 342 g/mol. The zero-order chi connectivity index (χ0) is 18.7. The van der Waals surface area contributed by atoms with Gasteiger partial charge in [0.1, 0.15) is 5.00 Å². The van der Waals surface area contributed by atoms with E-state index < -0.39 is 23.0 Å². The summed E-state index contributed by atoms with van der Waals surface area (Å²) in [7, 11) is 0.